The van der Waals surface area contributed by atoms with Crippen LogP contribution in [0.4, 0.5) is 5.95 Å². The van der Waals surface area contributed by atoms with Gasteiger partial charge in [0.15, 0.2) is 0 Å². The van der Waals surface area contributed by atoms with Crippen LogP contribution in [0.25, 0.3) is 0 Å². The number of hydrogen-bond acceptors (Lipinski definition) is 5. The van der Waals surface area contributed by atoms with E-state index in [1.165, 1.54) is 0 Å². The quantitative estimate of drug-likeness (QED) is 0.857. The van der Waals surface area contributed by atoms with E-state index >= 15 is 0 Å². The highest BCUT2D eigenvalue weighted by Crippen LogP contribution is 2.18. The van der Waals surface area contributed by atoms with E-state index in [1.807, 2.05) is 13.8 Å². The minimum atomic E-state index is -0.485. The van der Waals surface area contributed by atoms with Crippen molar-refractivity contribution in [3.63, 3.8) is 0 Å². The summed E-state index contributed by atoms with van der Waals surface area (Å²) in [5.74, 6) is 0.126. The fourth-order valence-corrected chi connectivity index (χ4v) is 2.87. The van der Waals surface area contributed by atoms with Gasteiger partial charge in [0.25, 0.3) is 5.91 Å². The van der Waals surface area contributed by atoms with Crippen molar-refractivity contribution in [1.29, 1.82) is 0 Å². The van der Waals surface area contributed by atoms with E-state index in [4.69, 9.17) is 5.73 Å². The van der Waals surface area contributed by atoms with Gasteiger partial charge in [0, 0.05) is 18.8 Å². The number of aromatic nitrogens is 2. The van der Waals surface area contributed by atoms with Crippen LogP contribution in [0.5, 0.6) is 0 Å². The predicted molar refractivity (Wildman–Crippen MR) is 87.7 cm³/mol. The second kappa shape index (κ2) is 6.93. The maximum atomic E-state index is 12.9. The van der Waals surface area contributed by atoms with Gasteiger partial charge in [0.05, 0.1) is 0 Å². The Bertz CT molecular complexity index is 600. The fourth-order valence-electron chi connectivity index (χ4n) is 2.87. The number of nitrogens with two attached hydrogens (primary N) is 1. The third-order valence-electron chi connectivity index (χ3n) is 3.78. The van der Waals surface area contributed by atoms with Crippen LogP contribution in [0.15, 0.2) is 6.07 Å². The van der Waals surface area contributed by atoms with Crippen molar-refractivity contribution in [3.8, 4) is 0 Å². The molecule has 0 aliphatic carbocycles. The van der Waals surface area contributed by atoms with Gasteiger partial charge in [-0.2, -0.15) is 0 Å². The molecule has 2 amide bonds. The number of carbonyl (C=O) groups excluding carboxylic acids is 2. The number of hydrogen-bond donors (Lipinski definition) is 2. The molecule has 2 heterocycles. The highest BCUT2D eigenvalue weighted by molar-refractivity contribution is 5.97. The highest BCUT2D eigenvalue weighted by atomic mass is 16.2. The molecule has 23 heavy (non-hydrogen) atoms. The van der Waals surface area contributed by atoms with E-state index in [0.29, 0.717) is 19.0 Å². The van der Waals surface area contributed by atoms with Crippen LogP contribution in [-0.2, 0) is 11.2 Å². The van der Waals surface area contributed by atoms with E-state index in [0.717, 1.165) is 12.1 Å². The maximum Gasteiger partial charge on any atom is 0.273 e. The summed E-state index contributed by atoms with van der Waals surface area (Å²) < 4.78 is 0. The minimum Gasteiger partial charge on any atom is -0.368 e. The average molecular weight is 319 g/mol. The lowest BCUT2D eigenvalue weighted by Crippen LogP contribution is -2.59. The zero-order valence-corrected chi connectivity index (χ0v) is 14.2. The molecule has 0 bridgehead atoms. The summed E-state index contributed by atoms with van der Waals surface area (Å²) in [6.07, 6.45) is 0.723. The molecular formula is C16H25N5O2. The van der Waals surface area contributed by atoms with Gasteiger partial charge >= 0.3 is 0 Å². The first kappa shape index (κ1) is 17.2. The van der Waals surface area contributed by atoms with Crippen LogP contribution in [0.3, 0.4) is 0 Å². The van der Waals surface area contributed by atoms with Crippen molar-refractivity contribution in [3.05, 3.63) is 17.5 Å². The summed E-state index contributed by atoms with van der Waals surface area (Å²) in [5, 5.41) is 2.81. The Kier molecular flexibility index (Phi) is 5.18. The Morgan fingerprint density at radius 1 is 1.39 bits per heavy atom. The van der Waals surface area contributed by atoms with Crippen molar-refractivity contribution in [1.82, 2.24) is 20.2 Å². The van der Waals surface area contributed by atoms with Gasteiger partial charge < -0.3 is 16.0 Å². The third-order valence-corrected chi connectivity index (χ3v) is 3.78. The lowest BCUT2D eigenvalue weighted by molar-refractivity contribution is -0.129. The van der Waals surface area contributed by atoms with Gasteiger partial charge in [-0.05, 0) is 24.3 Å². The van der Waals surface area contributed by atoms with Crippen molar-refractivity contribution < 1.29 is 9.59 Å². The molecule has 1 aromatic rings. The van der Waals surface area contributed by atoms with Gasteiger partial charge in [0.1, 0.15) is 11.7 Å². The van der Waals surface area contributed by atoms with E-state index in [9.17, 15) is 9.59 Å². The number of carbonyl (C=O) groups is 2. The molecule has 1 saturated heterocycles. The second-order valence-electron chi connectivity index (χ2n) is 6.68. The molecule has 3 N–H and O–H groups in total. The van der Waals surface area contributed by atoms with Crippen LogP contribution < -0.4 is 11.1 Å². The number of piperazine rings is 1. The molecule has 2 rings (SSSR count). The molecule has 1 fully saturated rings. The second-order valence-corrected chi connectivity index (χ2v) is 6.68. The largest absolute Gasteiger partial charge is 0.368 e. The molecule has 1 atom stereocenters. The summed E-state index contributed by atoms with van der Waals surface area (Å²) in [6.45, 7) is 8.92. The average Bonchev–Trinajstić information content (AvgIpc) is 2.44. The van der Waals surface area contributed by atoms with Gasteiger partial charge in [-0.25, -0.2) is 9.97 Å². The molecule has 0 radical (unpaired) electrons. The van der Waals surface area contributed by atoms with Crippen LogP contribution in [-0.4, -0.2) is 45.8 Å². The Hall–Kier alpha value is -2.18. The molecule has 0 aromatic carbocycles. The number of nitrogens with zero attached hydrogens (tertiary/aromatic N) is 3. The molecule has 0 spiro atoms. The summed E-state index contributed by atoms with van der Waals surface area (Å²) >= 11 is 0. The van der Waals surface area contributed by atoms with Crippen molar-refractivity contribution in [2.75, 3.05) is 18.8 Å². The number of amides is 2. The smallest absolute Gasteiger partial charge is 0.273 e. The fraction of sp³-hybridized carbons (Fsp3) is 0.625. The topological polar surface area (TPSA) is 101 Å². The van der Waals surface area contributed by atoms with E-state index < -0.39 is 6.04 Å². The van der Waals surface area contributed by atoms with Crippen LogP contribution in [0.2, 0.25) is 0 Å². The first-order chi connectivity index (χ1) is 10.8. The van der Waals surface area contributed by atoms with Crippen LogP contribution in [0, 0.1) is 11.8 Å². The Morgan fingerprint density at radius 2 is 2.09 bits per heavy atom. The number of nitrogen functional groups attached to an aromatic ring is 1. The summed E-state index contributed by atoms with van der Waals surface area (Å²) in [4.78, 5) is 34.8. The minimum absolute atomic E-state index is 0.0218. The van der Waals surface area contributed by atoms with Gasteiger partial charge in [0.2, 0.25) is 11.9 Å². The zero-order chi connectivity index (χ0) is 17.1. The van der Waals surface area contributed by atoms with E-state index in [-0.39, 0.29) is 29.4 Å². The molecule has 7 heteroatoms. The predicted octanol–water partition coefficient (Wildman–Crippen LogP) is 0.854. The van der Waals surface area contributed by atoms with Crippen LogP contribution in [0.1, 0.15) is 43.9 Å². The highest BCUT2D eigenvalue weighted by Gasteiger charge is 2.36. The molecular weight excluding hydrogens is 294 g/mol. The van der Waals surface area contributed by atoms with Crippen molar-refractivity contribution in [2.24, 2.45) is 11.8 Å². The summed E-state index contributed by atoms with van der Waals surface area (Å²) in [5.41, 5.74) is 6.76. The lowest BCUT2D eigenvalue weighted by Gasteiger charge is -2.37. The molecule has 126 valence electrons. The number of rotatable bonds is 4. The summed E-state index contributed by atoms with van der Waals surface area (Å²) in [7, 11) is 0. The zero-order valence-electron chi connectivity index (χ0n) is 14.2. The van der Waals surface area contributed by atoms with Gasteiger partial charge in [-0.1, -0.05) is 27.7 Å². The van der Waals surface area contributed by atoms with Gasteiger partial charge in [-0.15, -0.1) is 0 Å². The first-order valence-electron chi connectivity index (χ1n) is 8.01. The van der Waals surface area contributed by atoms with E-state index in [2.05, 4.69) is 29.1 Å². The van der Waals surface area contributed by atoms with E-state index in [1.54, 1.807) is 11.0 Å². The van der Waals surface area contributed by atoms with Crippen molar-refractivity contribution >= 4 is 17.8 Å². The first-order valence-corrected chi connectivity index (χ1v) is 8.01. The Morgan fingerprint density at radius 3 is 2.70 bits per heavy atom. The van der Waals surface area contributed by atoms with Crippen molar-refractivity contribution in [2.45, 2.75) is 40.2 Å². The maximum absolute atomic E-state index is 12.9. The molecule has 1 aliphatic rings. The summed E-state index contributed by atoms with van der Waals surface area (Å²) in [6, 6.07) is 1.20. The van der Waals surface area contributed by atoms with Crippen LogP contribution >= 0.6 is 0 Å². The lowest BCUT2D eigenvalue weighted by atomic mass is 9.99. The standard InChI is InChI=1S/C16H25N5O2/c1-9(2)7-11-8-12(20-16(17)19-11)15(23)21-6-5-18-14(22)13(21)10(3)4/h8-10,13H,5-7H2,1-4H3,(H,18,22)(H2,17,19,20)/t13-/m0/s1. The molecule has 7 nitrogen and oxygen atoms in total. The molecule has 1 aromatic heterocycles. The monoisotopic (exact) mass is 319 g/mol. The molecule has 0 saturated carbocycles. The Labute approximate surface area is 136 Å². The SMILES string of the molecule is CC(C)Cc1cc(C(=O)N2CCNC(=O)[C@@H]2C(C)C)nc(N)n1. The molecule has 0 unspecified atom stereocenters. The molecule has 1 aliphatic heterocycles. The Balaban J connectivity index is 2.31. The number of anilines is 1. The van der Waals surface area contributed by atoms with Gasteiger partial charge in [-0.3, -0.25) is 9.59 Å². The number of nitrogens with one attached hydrogen (secondary N) is 1. The normalized spacial score (nSPS) is 18.4. The third kappa shape index (κ3) is 3.97.